The second-order valence-corrected chi connectivity index (χ2v) is 6.97. The van der Waals surface area contributed by atoms with Crippen LogP contribution >= 0.6 is 15.9 Å². The van der Waals surface area contributed by atoms with Gasteiger partial charge in [0.15, 0.2) is 0 Å². The lowest BCUT2D eigenvalue weighted by Crippen LogP contribution is -2.36. The van der Waals surface area contributed by atoms with Gasteiger partial charge in [-0.1, -0.05) is 0 Å². The van der Waals surface area contributed by atoms with Gasteiger partial charge in [0.1, 0.15) is 10.7 Å². The van der Waals surface area contributed by atoms with Crippen LogP contribution in [0.25, 0.3) is 0 Å². The van der Waals surface area contributed by atoms with Gasteiger partial charge >= 0.3 is 6.18 Å². The molecule has 0 spiro atoms. The normalized spacial score (nSPS) is 14.0. The van der Waals surface area contributed by atoms with Gasteiger partial charge in [-0.05, 0) is 35.8 Å². The molecule has 1 aromatic rings. The number of alkyl halides is 3. The van der Waals surface area contributed by atoms with Crippen LogP contribution in [0.3, 0.4) is 0 Å². The molecule has 1 aromatic heterocycles. The van der Waals surface area contributed by atoms with Crippen molar-refractivity contribution in [2.24, 2.45) is 0 Å². The monoisotopic (exact) mass is 389 g/mol. The van der Waals surface area contributed by atoms with Crippen molar-refractivity contribution in [1.82, 2.24) is 9.71 Å². The highest BCUT2D eigenvalue weighted by molar-refractivity contribution is 9.10. The maximum absolute atomic E-state index is 12.3. The highest BCUT2D eigenvalue weighted by Crippen LogP contribution is 2.25. The minimum Gasteiger partial charge on any atom is -0.369 e. The Labute approximate surface area is 129 Å². The van der Waals surface area contributed by atoms with E-state index in [4.69, 9.17) is 0 Å². The van der Waals surface area contributed by atoms with Crippen molar-refractivity contribution < 1.29 is 21.6 Å². The quantitative estimate of drug-likeness (QED) is 0.784. The third-order valence-corrected chi connectivity index (χ3v) is 4.38. The molecule has 0 saturated heterocycles. The molecule has 0 amide bonds. The summed E-state index contributed by atoms with van der Waals surface area (Å²) in [4.78, 5) is 3.72. The van der Waals surface area contributed by atoms with Crippen LogP contribution in [-0.4, -0.2) is 32.2 Å². The molecule has 0 aromatic carbocycles. The van der Waals surface area contributed by atoms with E-state index in [1.807, 2.05) is 4.72 Å². The summed E-state index contributed by atoms with van der Waals surface area (Å²) in [5, 5.41) is 2.76. The maximum atomic E-state index is 12.3. The molecule has 0 aliphatic carbocycles. The minimum absolute atomic E-state index is 0.0902. The molecule has 1 atom stereocenters. The number of hydrogen-bond acceptors (Lipinski definition) is 4. The lowest BCUT2D eigenvalue weighted by Gasteiger charge is -2.17. The van der Waals surface area contributed by atoms with Crippen molar-refractivity contribution in [2.45, 2.75) is 37.4 Å². The lowest BCUT2D eigenvalue weighted by atomic mass is 10.2. The van der Waals surface area contributed by atoms with E-state index in [0.29, 0.717) is 11.0 Å². The zero-order chi connectivity index (χ0) is 16.3. The van der Waals surface area contributed by atoms with Crippen molar-refractivity contribution >= 4 is 31.8 Å². The minimum atomic E-state index is -4.44. The molecule has 2 N–H and O–H groups in total. The Hall–Kier alpha value is -0.870. The van der Waals surface area contributed by atoms with E-state index in [9.17, 15) is 21.6 Å². The number of rotatable bonds is 6. The van der Waals surface area contributed by atoms with Crippen LogP contribution in [0.4, 0.5) is 19.0 Å². The second kappa shape index (κ2) is 6.93. The van der Waals surface area contributed by atoms with E-state index in [0.717, 1.165) is 6.92 Å². The fourth-order valence-electron chi connectivity index (χ4n) is 1.64. The highest BCUT2D eigenvalue weighted by Gasteiger charge is 2.32. The predicted molar refractivity (Wildman–Crippen MR) is 76.6 cm³/mol. The molecule has 0 fully saturated rings. The zero-order valence-corrected chi connectivity index (χ0v) is 13.7. The van der Waals surface area contributed by atoms with Crippen molar-refractivity contribution in [3.63, 3.8) is 0 Å². The fraction of sp³-hybridized carbons (Fsp3) is 0.545. The standard InChI is InChI=1S/C11H15BrF3N3O2S/c1-3-16-10-9(4-8(12)6-17-10)21(19,20)18-7(2)5-11(13,14)15/h4,6-7,18H,3,5H2,1-2H3,(H,16,17). The zero-order valence-electron chi connectivity index (χ0n) is 11.3. The third kappa shape index (κ3) is 5.79. The predicted octanol–water partition coefficient (Wildman–Crippen LogP) is 2.90. The number of nitrogens with zero attached hydrogens (tertiary/aromatic N) is 1. The maximum Gasteiger partial charge on any atom is 0.390 e. The van der Waals surface area contributed by atoms with Crippen molar-refractivity contribution in [1.29, 1.82) is 0 Å². The Kier molecular flexibility index (Phi) is 6.00. The van der Waals surface area contributed by atoms with Gasteiger partial charge in [0.25, 0.3) is 0 Å². The van der Waals surface area contributed by atoms with Gasteiger partial charge in [-0.3, -0.25) is 0 Å². The van der Waals surface area contributed by atoms with E-state index in [2.05, 4.69) is 26.2 Å². The Morgan fingerprint density at radius 2 is 2.05 bits per heavy atom. The Morgan fingerprint density at radius 1 is 1.43 bits per heavy atom. The molecular formula is C11H15BrF3N3O2S. The third-order valence-electron chi connectivity index (χ3n) is 2.35. The van der Waals surface area contributed by atoms with Crippen molar-refractivity contribution in [3.8, 4) is 0 Å². The first kappa shape index (κ1) is 18.2. The first-order valence-corrected chi connectivity index (χ1v) is 8.31. The largest absolute Gasteiger partial charge is 0.390 e. The number of hydrogen-bond donors (Lipinski definition) is 2. The van der Waals surface area contributed by atoms with Crippen molar-refractivity contribution in [2.75, 3.05) is 11.9 Å². The SMILES string of the molecule is CCNc1ncc(Br)cc1S(=O)(=O)NC(C)CC(F)(F)F. The number of pyridine rings is 1. The average Bonchev–Trinajstić information content (AvgIpc) is 2.28. The van der Waals surface area contributed by atoms with Gasteiger partial charge in [-0.25, -0.2) is 18.1 Å². The smallest absolute Gasteiger partial charge is 0.369 e. The van der Waals surface area contributed by atoms with E-state index in [-0.39, 0.29) is 10.7 Å². The van der Waals surface area contributed by atoms with E-state index < -0.39 is 28.7 Å². The fourth-order valence-corrected chi connectivity index (χ4v) is 3.53. The van der Waals surface area contributed by atoms with Crippen LogP contribution in [0.5, 0.6) is 0 Å². The molecule has 0 bridgehead atoms. The number of anilines is 1. The number of aromatic nitrogens is 1. The molecule has 120 valence electrons. The number of halogens is 4. The highest BCUT2D eigenvalue weighted by atomic mass is 79.9. The average molecular weight is 390 g/mol. The first-order valence-electron chi connectivity index (χ1n) is 6.03. The van der Waals surface area contributed by atoms with Crippen molar-refractivity contribution in [3.05, 3.63) is 16.7 Å². The first-order chi connectivity index (χ1) is 9.55. The molecule has 1 rings (SSSR count). The van der Waals surface area contributed by atoms with Gasteiger partial charge in [0.05, 0.1) is 6.42 Å². The Bertz CT molecular complexity index is 593. The van der Waals surface area contributed by atoms with E-state index in [1.165, 1.54) is 12.3 Å². The molecule has 0 radical (unpaired) electrons. The van der Waals surface area contributed by atoms with Crippen LogP contribution in [-0.2, 0) is 10.0 Å². The Morgan fingerprint density at radius 3 is 2.57 bits per heavy atom. The molecule has 1 unspecified atom stereocenters. The van der Waals surface area contributed by atoms with Crippen LogP contribution in [0.2, 0.25) is 0 Å². The van der Waals surface area contributed by atoms with Crippen LogP contribution in [0.1, 0.15) is 20.3 Å². The summed E-state index contributed by atoms with van der Waals surface area (Å²) in [7, 11) is -4.11. The summed E-state index contributed by atoms with van der Waals surface area (Å²) in [5.74, 6) is 0.0902. The molecule has 1 heterocycles. The van der Waals surface area contributed by atoms with Gasteiger partial charge in [0.2, 0.25) is 10.0 Å². The Balaban J connectivity index is 3.05. The molecule has 21 heavy (non-hydrogen) atoms. The molecular weight excluding hydrogens is 375 g/mol. The van der Waals surface area contributed by atoms with Crippen LogP contribution < -0.4 is 10.0 Å². The lowest BCUT2D eigenvalue weighted by molar-refractivity contribution is -0.137. The number of sulfonamides is 1. The summed E-state index contributed by atoms with van der Waals surface area (Å²) >= 11 is 3.09. The van der Waals surface area contributed by atoms with Crippen LogP contribution in [0.15, 0.2) is 21.6 Å². The number of nitrogens with one attached hydrogen (secondary N) is 2. The van der Waals surface area contributed by atoms with Crippen LogP contribution in [0, 0.1) is 0 Å². The summed E-state index contributed by atoms with van der Waals surface area (Å²) < 4.78 is 63.7. The summed E-state index contributed by atoms with van der Waals surface area (Å²) in [6.07, 6.45) is -4.29. The van der Waals surface area contributed by atoms with E-state index >= 15 is 0 Å². The van der Waals surface area contributed by atoms with E-state index in [1.54, 1.807) is 6.92 Å². The second-order valence-electron chi connectivity index (χ2n) is 4.37. The molecule has 0 saturated carbocycles. The summed E-state index contributed by atoms with van der Waals surface area (Å²) in [6, 6.07) is 0.0108. The molecule has 0 aliphatic rings. The topological polar surface area (TPSA) is 71.1 Å². The van der Waals surface area contributed by atoms with Gasteiger partial charge in [-0.2, -0.15) is 13.2 Å². The summed E-state index contributed by atoms with van der Waals surface area (Å²) in [5.41, 5.74) is 0. The van der Waals surface area contributed by atoms with Gasteiger partial charge in [0, 0.05) is 23.3 Å². The summed E-state index contributed by atoms with van der Waals surface area (Å²) in [6.45, 7) is 3.33. The molecule has 0 aliphatic heterocycles. The van der Waals surface area contributed by atoms with Gasteiger partial charge < -0.3 is 5.32 Å². The molecule has 5 nitrogen and oxygen atoms in total. The van der Waals surface area contributed by atoms with Gasteiger partial charge in [-0.15, -0.1) is 0 Å². The molecule has 10 heteroatoms.